The summed E-state index contributed by atoms with van der Waals surface area (Å²) in [6.45, 7) is 2.17. The van der Waals surface area contributed by atoms with E-state index in [-0.39, 0.29) is 6.04 Å². The molecule has 92 valence electrons. The first kappa shape index (κ1) is 13.4. The highest BCUT2D eigenvalue weighted by atomic mass is 35.5. The van der Waals surface area contributed by atoms with Gasteiger partial charge in [0.05, 0.1) is 14.7 Å². The van der Waals surface area contributed by atoms with E-state index in [1.54, 1.807) is 0 Å². The zero-order valence-electron chi connectivity index (χ0n) is 9.59. The summed E-state index contributed by atoms with van der Waals surface area (Å²) in [5, 5.41) is 3.30. The lowest BCUT2D eigenvalue weighted by atomic mass is 10.1. The predicted octanol–water partition coefficient (Wildman–Crippen LogP) is 4.99. The van der Waals surface area contributed by atoms with Crippen LogP contribution in [0.25, 0.3) is 0 Å². The van der Waals surface area contributed by atoms with Gasteiger partial charge in [0, 0.05) is 15.3 Å². The van der Waals surface area contributed by atoms with Crippen LogP contribution in [0.5, 0.6) is 0 Å². The van der Waals surface area contributed by atoms with E-state index in [1.165, 1.54) is 21.1 Å². The number of hydrogen-bond donors (Lipinski definition) is 1. The predicted molar refractivity (Wildman–Crippen MR) is 78.9 cm³/mol. The minimum absolute atomic E-state index is 0.136. The molecular formula is C12H13Cl2NS2. The summed E-state index contributed by atoms with van der Waals surface area (Å²) < 4.78 is 1.50. The van der Waals surface area contributed by atoms with E-state index in [2.05, 4.69) is 24.4 Å². The van der Waals surface area contributed by atoms with E-state index >= 15 is 0 Å². The second-order valence-corrected chi connectivity index (χ2v) is 7.14. The minimum Gasteiger partial charge on any atom is -0.309 e. The van der Waals surface area contributed by atoms with Crippen LogP contribution in [0.15, 0.2) is 18.2 Å². The molecular weight excluding hydrogens is 293 g/mol. The molecule has 0 aliphatic rings. The summed E-state index contributed by atoms with van der Waals surface area (Å²) in [4.78, 5) is 2.67. The van der Waals surface area contributed by atoms with Gasteiger partial charge in [-0.1, -0.05) is 30.1 Å². The van der Waals surface area contributed by atoms with E-state index in [0.717, 1.165) is 20.7 Å². The van der Waals surface area contributed by atoms with Crippen molar-refractivity contribution in [2.75, 3.05) is 7.05 Å². The molecule has 0 saturated heterocycles. The maximum Gasteiger partial charge on any atom is 0.0995 e. The molecule has 5 heteroatoms. The van der Waals surface area contributed by atoms with E-state index in [9.17, 15) is 0 Å². The molecule has 1 unspecified atom stereocenters. The van der Waals surface area contributed by atoms with Gasteiger partial charge in [0.2, 0.25) is 0 Å². The summed E-state index contributed by atoms with van der Waals surface area (Å²) in [6.07, 6.45) is 1.07. The van der Waals surface area contributed by atoms with Crippen molar-refractivity contribution in [3.8, 4) is 0 Å². The van der Waals surface area contributed by atoms with Crippen LogP contribution in [0.2, 0.25) is 8.67 Å². The van der Waals surface area contributed by atoms with Crippen LogP contribution in [-0.2, 0) is 6.42 Å². The second kappa shape index (κ2) is 5.72. The van der Waals surface area contributed by atoms with Crippen molar-refractivity contribution in [3.63, 3.8) is 0 Å². The first-order chi connectivity index (χ1) is 8.15. The van der Waals surface area contributed by atoms with Crippen LogP contribution >= 0.6 is 45.9 Å². The normalized spacial score (nSPS) is 12.9. The molecule has 1 N–H and O–H groups in total. The van der Waals surface area contributed by atoms with E-state index < -0.39 is 0 Å². The molecule has 0 bridgehead atoms. The highest BCUT2D eigenvalue weighted by molar-refractivity contribution is 7.20. The van der Waals surface area contributed by atoms with Crippen molar-refractivity contribution >= 4 is 45.9 Å². The minimum atomic E-state index is 0.136. The lowest BCUT2D eigenvalue weighted by Crippen LogP contribution is -2.15. The Morgan fingerprint density at radius 3 is 2.53 bits per heavy atom. The van der Waals surface area contributed by atoms with Gasteiger partial charge >= 0.3 is 0 Å². The summed E-state index contributed by atoms with van der Waals surface area (Å²) in [5.74, 6) is 0. The van der Waals surface area contributed by atoms with Crippen molar-refractivity contribution in [1.82, 2.24) is 5.32 Å². The third-order valence-corrected chi connectivity index (χ3v) is 5.41. The fraction of sp³-hybridized carbons (Fsp3) is 0.333. The third-order valence-electron chi connectivity index (χ3n) is 2.60. The molecule has 2 aromatic rings. The van der Waals surface area contributed by atoms with Gasteiger partial charge < -0.3 is 5.32 Å². The largest absolute Gasteiger partial charge is 0.309 e. The molecule has 1 nitrogen and oxygen atoms in total. The number of nitrogens with one attached hydrogen (secondary N) is 1. The third kappa shape index (κ3) is 2.85. The highest BCUT2D eigenvalue weighted by Crippen LogP contribution is 2.39. The summed E-state index contributed by atoms with van der Waals surface area (Å²) in [6, 6.07) is 6.41. The number of aryl methyl sites for hydroxylation is 1. The number of hydrogen-bond acceptors (Lipinski definition) is 3. The Labute approximate surface area is 119 Å². The molecule has 2 aromatic heterocycles. The molecule has 1 atom stereocenters. The molecule has 0 amide bonds. The summed E-state index contributed by atoms with van der Waals surface area (Å²) >= 11 is 15.4. The van der Waals surface area contributed by atoms with Crippen molar-refractivity contribution in [1.29, 1.82) is 0 Å². The zero-order valence-corrected chi connectivity index (χ0v) is 12.7. The average Bonchev–Trinajstić information content (AvgIpc) is 2.88. The summed E-state index contributed by atoms with van der Waals surface area (Å²) in [7, 11) is 1.94. The topological polar surface area (TPSA) is 12.0 Å². The van der Waals surface area contributed by atoms with E-state index in [4.69, 9.17) is 23.2 Å². The Kier molecular flexibility index (Phi) is 4.50. The van der Waals surface area contributed by atoms with Crippen LogP contribution in [0, 0.1) is 0 Å². The van der Waals surface area contributed by atoms with Gasteiger partial charge in [0.25, 0.3) is 0 Å². The fourth-order valence-corrected chi connectivity index (χ4v) is 4.35. The lowest BCUT2D eigenvalue weighted by Gasteiger charge is -2.13. The first-order valence-corrected chi connectivity index (χ1v) is 7.75. The Hall–Kier alpha value is -0.0600. The quantitative estimate of drug-likeness (QED) is 0.839. The van der Waals surface area contributed by atoms with Crippen molar-refractivity contribution < 1.29 is 0 Å². The van der Waals surface area contributed by atoms with Crippen molar-refractivity contribution in [2.45, 2.75) is 19.4 Å². The monoisotopic (exact) mass is 305 g/mol. The highest BCUT2D eigenvalue weighted by Gasteiger charge is 2.19. The van der Waals surface area contributed by atoms with Gasteiger partial charge in [-0.25, -0.2) is 0 Å². The lowest BCUT2D eigenvalue weighted by molar-refractivity contribution is 0.706. The van der Waals surface area contributed by atoms with Crippen molar-refractivity contribution in [3.05, 3.63) is 42.2 Å². The Bertz CT molecular complexity index is 504. The van der Waals surface area contributed by atoms with Gasteiger partial charge in [-0.2, -0.15) is 0 Å². The van der Waals surface area contributed by atoms with Crippen molar-refractivity contribution in [2.24, 2.45) is 0 Å². The van der Waals surface area contributed by atoms with Gasteiger partial charge in [-0.15, -0.1) is 22.7 Å². The molecule has 2 heterocycles. The maximum absolute atomic E-state index is 6.21. The molecule has 0 aliphatic heterocycles. The Morgan fingerprint density at radius 1 is 1.29 bits per heavy atom. The van der Waals surface area contributed by atoms with E-state index in [0.29, 0.717) is 0 Å². The average molecular weight is 306 g/mol. The van der Waals surface area contributed by atoms with Crippen LogP contribution in [0.4, 0.5) is 0 Å². The molecule has 0 fully saturated rings. The van der Waals surface area contributed by atoms with Gasteiger partial charge in [-0.05, 0) is 31.7 Å². The van der Waals surface area contributed by atoms with Crippen LogP contribution in [-0.4, -0.2) is 7.05 Å². The number of thiophene rings is 2. The Morgan fingerprint density at radius 2 is 2.06 bits per heavy atom. The second-order valence-electron chi connectivity index (χ2n) is 3.66. The van der Waals surface area contributed by atoms with Crippen LogP contribution in [0.3, 0.4) is 0 Å². The molecule has 0 aliphatic carbocycles. The smallest absolute Gasteiger partial charge is 0.0995 e. The van der Waals surface area contributed by atoms with E-state index in [1.807, 2.05) is 24.5 Å². The SMILES string of the molecule is CCc1ccc(C(NC)c2cc(Cl)sc2Cl)s1. The van der Waals surface area contributed by atoms with Gasteiger partial charge in [0.15, 0.2) is 0 Å². The van der Waals surface area contributed by atoms with Crippen LogP contribution in [0.1, 0.15) is 28.3 Å². The van der Waals surface area contributed by atoms with Crippen LogP contribution < -0.4 is 5.32 Å². The maximum atomic E-state index is 6.21. The zero-order chi connectivity index (χ0) is 12.4. The standard InChI is InChI=1S/C12H13Cl2NS2/c1-3-7-4-5-9(16-7)11(15-2)8-6-10(13)17-12(8)14/h4-6,11,15H,3H2,1-2H3. The summed E-state index contributed by atoms with van der Waals surface area (Å²) in [5.41, 5.74) is 1.06. The molecule has 0 aromatic carbocycles. The first-order valence-electron chi connectivity index (χ1n) is 5.36. The Balaban J connectivity index is 2.36. The molecule has 17 heavy (non-hydrogen) atoms. The number of halogens is 2. The van der Waals surface area contributed by atoms with Gasteiger partial charge in [-0.3, -0.25) is 0 Å². The molecule has 2 rings (SSSR count). The molecule has 0 spiro atoms. The fourth-order valence-electron chi connectivity index (χ4n) is 1.74. The molecule has 0 radical (unpaired) electrons. The molecule has 0 saturated carbocycles. The van der Waals surface area contributed by atoms with Gasteiger partial charge in [0.1, 0.15) is 0 Å². The number of rotatable bonds is 4.